The van der Waals surface area contributed by atoms with E-state index in [9.17, 15) is 4.79 Å². The van der Waals surface area contributed by atoms with Crippen LogP contribution in [0, 0.1) is 12.8 Å². The second kappa shape index (κ2) is 7.45. The molecule has 0 aliphatic heterocycles. The second-order valence-corrected chi connectivity index (χ2v) is 6.31. The molecule has 118 valence electrons. The third-order valence-electron chi connectivity index (χ3n) is 3.02. The SMILES string of the molecule is Cc1cc(NC(=O)c2ccc(OCCC(C)C)c(Br)c2)no1. The van der Waals surface area contributed by atoms with Gasteiger partial charge in [-0.15, -0.1) is 0 Å². The van der Waals surface area contributed by atoms with Crippen LogP contribution in [0.25, 0.3) is 0 Å². The highest BCUT2D eigenvalue weighted by molar-refractivity contribution is 9.10. The summed E-state index contributed by atoms with van der Waals surface area (Å²) < 4.78 is 11.4. The zero-order valence-electron chi connectivity index (χ0n) is 12.9. The molecule has 0 radical (unpaired) electrons. The van der Waals surface area contributed by atoms with Gasteiger partial charge in [0.25, 0.3) is 5.91 Å². The summed E-state index contributed by atoms with van der Waals surface area (Å²) in [6.45, 7) is 6.72. The number of carbonyl (C=O) groups is 1. The first-order valence-electron chi connectivity index (χ1n) is 7.12. The molecule has 2 rings (SSSR count). The minimum atomic E-state index is -0.247. The van der Waals surface area contributed by atoms with Gasteiger partial charge in [0.15, 0.2) is 5.82 Å². The van der Waals surface area contributed by atoms with Gasteiger partial charge in [0, 0.05) is 11.6 Å². The lowest BCUT2D eigenvalue weighted by Crippen LogP contribution is -2.12. The molecule has 0 saturated carbocycles. The molecule has 1 aromatic heterocycles. The summed E-state index contributed by atoms with van der Waals surface area (Å²) >= 11 is 3.43. The number of anilines is 1. The predicted octanol–water partition coefficient (Wildman–Crippen LogP) is 4.42. The Bertz CT molecular complexity index is 653. The lowest BCUT2D eigenvalue weighted by molar-refractivity contribution is 0.102. The standard InChI is InChI=1S/C16H19BrN2O3/c1-10(2)6-7-21-14-5-4-12(9-13(14)17)16(20)18-15-8-11(3)22-19-15/h4-5,8-10H,6-7H2,1-3H3,(H,18,19,20). The van der Waals surface area contributed by atoms with Crippen molar-refractivity contribution >= 4 is 27.7 Å². The number of ether oxygens (including phenoxy) is 1. The average molecular weight is 367 g/mol. The predicted molar refractivity (Wildman–Crippen MR) is 88.3 cm³/mol. The Hall–Kier alpha value is -1.82. The Labute approximate surface area is 138 Å². The van der Waals surface area contributed by atoms with Crippen LogP contribution in [-0.4, -0.2) is 17.7 Å². The first-order valence-corrected chi connectivity index (χ1v) is 7.92. The molecule has 22 heavy (non-hydrogen) atoms. The van der Waals surface area contributed by atoms with Gasteiger partial charge in [-0.2, -0.15) is 0 Å². The number of halogens is 1. The number of amides is 1. The van der Waals surface area contributed by atoms with Crippen LogP contribution in [0.5, 0.6) is 5.75 Å². The van der Waals surface area contributed by atoms with Crippen LogP contribution in [0.1, 0.15) is 36.4 Å². The molecule has 0 spiro atoms. The number of hydrogen-bond acceptors (Lipinski definition) is 4. The van der Waals surface area contributed by atoms with Gasteiger partial charge in [-0.25, -0.2) is 0 Å². The van der Waals surface area contributed by atoms with Crippen LogP contribution in [-0.2, 0) is 0 Å². The van der Waals surface area contributed by atoms with E-state index in [1.54, 1.807) is 31.2 Å². The molecule has 0 aliphatic rings. The van der Waals surface area contributed by atoms with Crippen molar-refractivity contribution in [2.75, 3.05) is 11.9 Å². The van der Waals surface area contributed by atoms with Gasteiger partial charge in [-0.05, 0) is 53.4 Å². The molecule has 1 N–H and O–H groups in total. The average Bonchev–Trinajstić information content (AvgIpc) is 2.85. The van der Waals surface area contributed by atoms with Crippen molar-refractivity contribution in [3.8, 4) is 5.75 Å². The lowest BCUT2D eigenvalue weighted by Gasteiger charge is -2.10. The summed E-state index contributed by atoms with van der Waals surface area (Å²) in [4.78, 5) is 12.1. The first-order chi connectivity index (χ1) is 10.5. The zero-order chi connectivity index (χ0) is 16.1. The molecule has 2 aromatic rings. The van der Waals surface area contributed by atoms with Crippen molar-refractivity contribution in [1.82, 2.24) is 5.16 Å². The van der Waals surface area contributed by atoms with Crippen molar-refractivity contribution in [2.45, 2.75) is 27.2 Å². The number of hydrogen-bond donors (Lipinski definition) is 1. The van der Waals surface area contributed by atoms with Gasteiger partial charge < -0.3 is 14.6 Å². The van der Waals surface area contributed by atoms with Crippen molar-refractivity contribution in [3.63, 3.8) is 0 Å². The van der Waals surface area contributed by atoms with E-state index in [1.807, 2.05) is 0 Å². The number of aromatic nitrogens is 1. The van der Waals surface area contributed by atoms with Crippen LogP contribution in [0.3, 0.4) is 0 Å². The number of aryl methyl sites for hydroxylation is 1. The van der Waals surface area contributed by atoms with E-state index in [0.717, 1.165) is 16.6 Å². The fourth-order valence-electron chi connectivity index (χ4n) is 1.78. The number of benzene rings is 1. The molecular formula is C16H19BrN2O3. The Kier molecular flexibility index (Phi) is 5.60. The van der Waals surface area contributed by atoms with Gasteiger partial charge in [0.1, 0.15) is 11.5 Å². The Balaban J connectivity index is 2.00. The normalized spacial score (nSPS) is 10.8. The number of carbonyl (C=O) groups excluding carboxylic acids is 1. The smallest absolute Gasteiger partial charge is 0.256 e. The van der Waals surface area contributed by atoms with Crippen molar-refractivity contribution in [1.29, 1.82) is 0 Å². The van der Waals surface area contributed by atoms with E-state index in [4.69, 9.17) is 9.26 Å². The Morgan fingerprint density at radius 3 is 2.77 bits per heavy atom. The summed E-state index contributed by atoms with van der Waals surface area (Å²) in [6, 6.07) is 6.90. The molecular weight excluding hydrogens is 348 g/mol. The van der Waals surface area contributed by atoms with Crippen molar-refractivity contribution < 1.29 is 14.1 Å². The molecule has 1 amide bonds. The van der Waals surface area contributed by atoms with Gasteiger partial charge in [-0.3, -0.25) is 4.79 Å². The highest BCUT2D eigenvalue weighted by atomic mass is 79.9. The zero-order valence-corrected chi connectivity index (χ0v) is 14.4. The topological polar surface area (TPSA) is 64.4 Å². The Morgan fingerprint density at radius 1 is 1.41 bits per heavy atom. The van der Waals surface area contributed by atoms with E-state index < -0.39 is 0 Å². The van der Waals surface area contributed by atoms with E-state index in [0.29, 0.717) is 29.7 Å². The number of rotatable bonds is 6. The Morgan fingerprint density at radius 2 is 2.18 bits per heavy atom. The maximum atomic E-state index is 12.1. The summed E-state index contributed by atoms with van der Waals surface area (Å²) in [5.74, 6) is 2.12. The summed E-state index contributed by atoms with van der Waals surface area (Å²) in [6.07, 6.45) is 0.986. The molecule has 0 aliphatic carbocycles. The summed E-state index contributed by atoms with van der Waals surface area (Å²) in [5.41, 5.74) is 0.517. The third kappa shape index (κ3) is 4.59. The molecule has 0 bridgehead atoms. The molecule has 0 atom stereocenters. The van der Waals surface area contributed by atoms with Gasteiger partial charge in [0.05, 0.1) is 11.1 Å². The van der Waals surface area contributed by atoms with E-state index in [2.05, 4.69) is 40.3 Å². The number of nitrogens with zero attached hydrogens (tertiary/aromatic N) is 1. The largest absolute Gasteiger partial charge is 0.492 e. The number of nitrogens with one attached hydrogen (secondary N) is 1. The minimum absolute atomic E-state index is 0.247. The van der Waals surface area contributed by atoms with Crippen LogP contribution < -0.4 is 10.1 Å². The van der Waals surface area contributed by atoms with E-state index >= 15 is 0 Å². The fourth-order valence-corrected chi connectivity index (χ4v) is 2.27. The minimum Gasteiger partial charge on any atom is -0.492 e. The van der Waals surface area contributed by atoms with Crippen LogP contribution in [0.2, 0.25) is 0 Å². The van der Waals surface area contributed by atoms with Crippen molar-refractivity contribution in [2.24, 2.45) is 5.92 Å². The highest BCUT2D eigenvalue weighted by Gasteiger charge is 2.11. The molecule has 0 fully saturated rings. The molecule has 1 heterocycles. The quantitative estimate of drug-likeness (QED) is 0.821. The van der Waals surface area contributed by atoms with Crippen LogP contribution in [0.4, 0.5) is 5.82 Å². The molecule has 6 heteroatoms. The monoisotopic (exact) mass is 366 g/mol. The summed E-state index contributed by atoms with van der Waals surface area (Å²) in [7, 11) is 0. The highest BCUT2D eigenvalue weighted by Crippen LogP contribution is 2.26. The van der Waals surface area contributed by atoms with E-state index in [-0.39, 0.29) is 5.91 Å². The van der Waals surface area contributed by atoms with Gasteiger partial charge in [-0.1, -0.05) is 19.0 Å². The van der Waals surface area contributed by atoms with Crippen LogP contribution >= 0.6 is 15.9 Å². The third-order valence-corrected chi connectivity index (χ3v) is 3.64. The fraction of sp³-hybridized carbons (Fsp3) is 0.375. The molecule has 0 saturated heterocycles. The van der Waals surface area contributed by atoms with Crippen LogP contribution in [0.15, 0.2) is 33.3 Å². The maximum Gasteiger partial charge on any atom is 0.256 e. The maximum absolute atomic E-state index is 12.1. The van der Waals surface area contributed by atoms with Gasteiger partial charge >= 0.3 is 0 Å². The second-order valence-electron chi connectivity index (χ2n) is 5.45. The molecule has 5 nitrogen and oxygen atoms in total. The molecule has 0 unspecified atom stereocenters. The summed E-state index contributed by atoms with van der Waals surface area (Å²) in [5, 5.41) is 6.41. The lowest BCUT2D eigenvalue weighted by atomic mass is 10.1. The molecule has 1 aromatic carbocycles. The van der Waals surface area contributed by atoms with Crippen molar-refractivity contribution in [3.05, 3.63) is 40.1 Å². The first kappa shape index (κ1) is 16.5. The van der Waals surface area contributed by atoms with Gasteiger partial charge in [0.2, 0.25) is 0 Å². The van der Waals surface area contributed by atoms with E-state index in [1.165, 1.54) is 0 Å².